The van der Waals surface area contributed by atoms with E-state index in [4.69, 9.17) is 4.74 Å². The van der Waals surface area contributed by atoms with Gasteiger partial charge in [0.1, 0.15) is 11.6 Å². The summed E-state index contributed by atoms with van der Waals surface area (Å²) in [5, 5.41) is 0. The quantitative estimate of drug-likeness (QED) is 0.804. The summed E-state index contributed by atoms with van der Waals surface area (Å²) in [7, 11) is 1.62. The van der Waals surface area contributed by atoms with Crippen molar-refractivity contribution in [1.82, 2.24) is 19.8 Å². The monoisotopic (exact) mass is 410 g/mol. The summed E-state index contributed by atoms with van der Waals surface area (Å²) in [6, 6.07) is 9.31. The number of aromatic amines is 1. The number of methoxy groups -OCH3 is 1. The molecule has 1 aromatic carbocycles. The van der Waals surface area contributed by atoms with Crippen LogP contribution in [0.4, 0.5) is 0 Å². The Hall–Kier alpha value is -3.16. The van der Waals surface area contributed by atoms with Gasteiger partial charge >= 0.3 is 0 Å². The van der Waals surface area contributed by atoms with Crippen LogP contribution >= 0.6 is 0 Å². The first-order valence-electron chi connectivity index (χ1n) is 10.2. The summed E-state index contributed by atoms with van der Waals surface area (Å²) in [6.07, 6.45) is 1.32. The number of ether oxygens (including phenoxy) is 1. The third-order valence-corrected chi connectivity index (χ3v) is 5.97. The maximum atomic E-state index is 13.0. The molecule has 8 heteroatoms. The third kappa shape index (κ3) is 4.08. The number of amides is 2. The van der Waals surface area contributed by atoms with E-state index in [1.807, 2.05) is 24.3 Å². The first-order chi connectivity index (χ1) is 14.4. The van der Waals surface area contributed by atoms with E-state index in [0.29, 0.717) is 37.6 Å². The molecule has 0 saturated carbocycles. The number of hydrogen-bond donors (Lipinski definition) is 1. The molecule has 1 aromatic heterocycles. The first-order valence-corrected chi connectivity index (χ1v) is 10.2. The van der Waals surface area contributed by atoms with Crippen LogP contribution in [0.25, 0.3) is 0 Å². The Bertz CT molecular complexity index is 1000. The molecular formula is C22H26N4O4. The average molecular weight is 410 g/mol. The maximum Gasteiger partial charge on any atom is 0.251 e. The van der Waals surface area contributed by atoms with E-state index < -0.39 is 0 Å². The molecular weight excluding hydrogens is 384 g/mol. The van der Waals surface area contributed by atoms with Crippen LogP contribution in [0.1, 0.15) is 41.8 Å². The summed E-state index contributed by atoms with van der Waals surface area (Å²) in [5.74, 6) is 1.20. The minimum atomic E-state index is -0.196. The number of aromatic nitrogens is 2. The van der Waals surface area contributed by atoms with Crippen LogP contribution in [0, 0.1) is 6.92 Å². The van der Waals surface area contributed by atoms with Crippen molar-refractivity contribution in [2.75, 3.05) is 33.3 Å². The zero-order valence-electron chi connectivity index (χ0n) is 17.3. The van der Waals surface area contributed by atoms with Gasteiger partial charge in [-0.3, -0.25) is 14.4 Å². The zero-order chi connectivity index (χ0) is 21.3. The van der Waals surface area contributed by atoms with Crippen LogP contribution in [0.2, 0.25) is 0 Å². The molecule has 2 amide bonds. The van der Waals surface area contributed by atoms with Gasteiger partial charge in [-0.2, -0.15) is 0 Å². The molecule has 2 aliphatic rings. The smallest absolute Gasteiger partial charge is 0.251 e. The van der Waals surface area contributed by atoms with Gasteiger partial charge in [0.2, 0.25) is 11.8 Å². The lowest BCUT2D eigenvalue weighted by Crippen LogP contribution is -2.39. The SMILES string of the molecule is COc1ccc([C@@H]2CN(C(=O)CN3CCCC3=O)C[C@H]2c2cc(=O)[nH]c(C)n2)cc1. The molecule has 158 valence electrons. The van der Waals surface area contributed by atoms with Crippen LogP contribution in [0.3, 0.4) is 0 Å². The Balaban J connectivity index is 1.61. The number of hydrogen-bond acceptors (Lipinski definition) is 5. The van der Waals surface area contributed by atoms with Crippen molar-refractivity contribution in [1.29, 1.82) is 0 Å². The van der Waals surface area contributed by atoms with Crippen molar-refractivity contribution in [3.63, 3.8) is 0 Å². The van der Waals surface area contributed by atoms with E-state index in [9.17, 15) is 14.4 Å². The molecule has 2 aromatic rings. The number of aryl methyl sites for hydroxylation is 1. The number of carbonyl (C=O) groups is 2. The molecule has 0 radical (unpaired) electrons. The van der Waals surface area contributed by atoms with E-state index in [0.717, 1.165) is 17.7 Å². The van der Waals surface area contributed by atoms with E-state index in [-0.39, 0.29) is 35.8 Å². The minimum Gasteiger partial charge on any atom is -0.497 e. The van der Waals surface area contributed by atoms with Crippen molar-refractivity contribution < 1.29 is 14.3 Å². The lowest BCUT2D eigenvalue weighted by molar-refractivity contribution is -0.137. The number of benzene rings is 1. The number of nitrogens with zero attached hydrogens (tertiary/aromatic N) is 3. The Labute approximate surface area is 174 Å². The predicted octanol–water partition coefficient (Wildman–Crippen LogP) is 1.42. The Morgan fingerprint density at radius 1 is 1.20 bits per heavy atom. The lowest BCUT2D eigenvalue weighted by Gasteiger charge is -2.21. The van der Waals surface area contributed by atoms with E-state index in [1.54, 1.807) is 23.8 Å². The van der Waals surface area contributed by atoms with Gasteiger partial charge in [-0.25, -0.2) is 4.98 Å². The summed E-state index contributed by atoms with van der Waals surface area (Å²) < 4.78 is 5.26. The van der Waals surface area contributed by atoms with Gasteiger partial charge in [-0.1, -0.05) is 12.1 Å². The topological polar surface area (TPSA) is 95.6 Å². The Morgan fingerprint density at radius 2 is 1.93 bits per heavy atom. The number of rotatable bonds is 5. The second kappa shape index (κ2) is 8.30. The molecule has 8 nitrogen and oxygen atoms in total. The van der Waals surface area contributed by atoms with Gasteiger partial charge in [0.05, 0.1) is 19.3 Å². The molecule has 2 fully saturated rings. The van der Waals surface area contributed by atoms with Crippen molar-refractivity contribution in [2.45, 2.75) is 31.6 Å². The van der Waals surface area contributed by atoms with Gasteiger partial charge in [-0.15, -0.1) is 0 Å². The van der Waals surface area contributed by atoms with Crippen LogP contribution in [-0.2, 0) is 9.59 Å². The second-order valence-corrected chi connectivity index (χ2v) is 7.96. The third-order valence-electron chi connectivity index (χ3n) is 5.97. The van der Waals surface area contributed by atoms with Crippen molar-refractivity contribution in [2.24, 2.45) is 0 Å². The standard InChI is InChI=1S/C22H26N4O4/c1-14-23-19(10-20(27)24-14)18-12-26(22(29)13-25-9-3-4-21(25)28)11-17(18)15-5-7-16(30-2)8-6-15/h5-8,10,17-18H,3-4,9,11-13H2,1-2H3,(H,23,24,27)/t17-,18+/m0/s1. The second-order valence-electron chi connectivity index (χ2n) is 7.96. The van der Waals surface area contributed by atoms with Crippen molar-refractivity contribution in [3.05, 3.63) is 57.8 Å². The van der Waals surface area contributed by atoms with Crippen LogP contribution < -0.4 is 10.3 Å². The van der Waals surface area contributed by atoms with Crippen molar-refractivity contribution in [3.8, 4) is 5.75 Å². The molecule has 3 heterocycles. The highest BCUT2D eigenvalue weighted by atomic mass is 16.5. The first kappa shape index (κ1) is 20.1. The highest BCUT2D eigenvalue weighted by Gasteiger charge is 2.39. The maximum absolute atomic E-state index is 13.0. The summed E-state index contributed by atoms with van der Waals surface area (Å²) in [4.78, 5) is 47.6. The molecule has 4 rings (SSSR count). The van der Waals surface area contributed by atoms with Gasteiger partial charge in [-0.05, 0) is 31.0 Å². The van der Waals surface area contributed by atoms with Gasteiger partial charge < -0.3 is 19.5 Å². The predicted molar refractivity (Wildman–Crippen MR) is 110 cm³/mol. The van der Waals surface area contributed by atoms with Crippen LogP contribution in [0.5, 0.6) is 5.75 Å². The molecule has 0 bridgehead atoms. The van der Waals surface area contributed by atoms with Crippen LogP contribution in [-0.4, -0.2) is 64.9 Å². The Kier molecular flexibility index (Phi) is 5.57. The lowest BCUT2D eigenvalue weighted by atomic mass is 9.86. The number of nitrogens with one attached hydrogen (secondary N) is 1. The molecule has 1 N–H and O–H groups in total. The molecule has 30 heavy (non-hydrogen) atoms. The molecule has 2 atom stereocenters. The van der Waals surface area contributed by atoms with E-state index in [1.165, 1.54) is 6.07 Å². The van der Waals surface area contributed by atoms with Gasteiger partial charge in [0, 0.05) is 44.0 Å². The minimum absolute atomic E-state index is 0.00263. The van der Waals surface area contributed by atoms with Crippen molar-refractivity contribution >= 4 is 11.8 Å². The van der Waals surface area contributed by atoms with Crippen LogP contribution in [0.15, 0.2) is 35.1 Å². The fourth-order valence-electron chi connectivity index (χ4n) is 4.42. The fraction of sp³-hybridized carbons (Fsp3) is 0.455. The van der Waals surface area contributed by atoms with E-state index >= 15 is 0 Å². The largest absolute Gasteiger partial charge is 0.497 e. The number of H-pyrrole nitrogens is 1. The number of carbonyl (C=O) groups excluding carboxylic acids is 2. The average Bonchev–Trinajstić information content (AvgIpc) is 3.34. The molecule has 2 saturated heterocycles. The highest BCUT2D eigenvalue weighted by Crippen LogP contribution is 2.39. The molecule has 0 unspecified atom stereocenters. The van der Waals surface area contributed by atoms with Gasteiger partial charge in [0.15, 0.2) is 0 Å². The van der Waals surface area contributed by atoms with E-state index in [2.05, 4.69) is 9.97 Å². The summed E-state index contributed by atoms with van der Waals surface area (Å²) in [6.45, 7) is 3.49. The number of likely N-dealkylation sites (tertiary alicyclic amines) is 2. The molecule has 0 aliphatic carbocycles. The fourth-order valence-corrected chi connectivity index (χ4v) is 4.42. The highest BCUT2D eigenvalue weighted by molar-refractivity contribution is 5.86. The molecule has 2 aliphatic heterocycles. The normalized spacial score (nSPS) is 21.3. The molecule has 0 spiro atoms. The zero-order valence-corrected chi connectivity index (χ0v) is 17.3. The van der Waals surface area contributed by atoms with Gasteiger partial charge in [0.25, 0.3) is 5.56 Å². The Morgan fingerprint density at radius 3 is 2.57 bits per heavy atom. The summed E-state index contributed by atoms with van der Waals surface area (Å²) in [5.41, 5.74) is 1.55. The summed E-state index contributed by atoms with van der Waals surface area (Å²) >= 11 is 0.